The number of ether oxygens (including phenoxy) is 2. The first-order valence-electron chi connectivity index (χ1n) is 5.68. The van der Waals surface area contributed by atoms with Gasteiger partial charge in [0.1, 0.15) is 6.04 Å². The van der Waals surface area contributed by atoms with Gasteiger partial charge in [0.25, 0.3) is 0 Å². The average molecular weight is 232 g/mol. The first kappa shape index (κ1) is 15.3. The van der Waals surface area contributed by atoms with Gasteiger partial charge in [-0.15, -0.1) is 0 Å². The van der Waals surface area contributed by atoms with Crippen molar-refractivity contribution in [2.75, 3.05) is 19.8 Å². The van der Waals surface area contributed by atoms with Crippen molar-refractivity contribution in [3.05, 3.63) is 0 Å². The molecule has 0 aliphatic carbocycles. The van der Waals surface area contributed by atoms with Gasteiger partial charge in [-0.1, -0.05) is 13.8 Å². The molecule has 0 rings (SSSR count). The van der Waals surface area contributed by atoms with Gasteiger partial charge in [-0.2, -0.15) is 0 Å². The Morgan fingerprint density at radius 1 is 1.25 bits per heavy atom. The predicted octanol–water partition coefficient (Wildman–Crippen LogP) is 0.280. The van der Waals surface area contributed by atoms with Crippen LogP contribution in [0.2, 0.25) is 0 Å². The maximum atomic E-state index is 11.1. The monoisotopic (exact) mass is 232 g/mol. The summed E-state index contributed by atoms with van der Waals surface area (Å²) >= 11 is 0. The Labute approximate surface area is 97.7 Å². The second-order valence-electron chi connectivity index (χ2n) is 4.27. The molecule has 0 aromatic carbocycles. The quantitative estimate of drug-likeness (QED) is 0.560. The van der Waals surface area contributed by atoms with Crippen LogP contribution in [0.4, 0.5) is 0 Å². The molecule has 0 aromatic rings. The Morgan fingerprint density at radius 2 is 1.88 bits per heavy atom. The van der Waals surface area contributed by atoms with Crippen molar-refractivity contribution in [3.8, 4) is 0 Å². The Balaban J connectivity index is 3.64. The molecule has 1 unspecified atom stereocenters. The van der Waals surface area contributed by atoms with Crippen LogP contribution in [0.25, 0.3) is 0 Å². The molecule has 0 bridgehead atoms. The van der Waals surface area contributed by atoms with Crippen LogP contribution < -0.4 is 11.1 Å². The number of amides is 1. The van der Waals surface area contributed by atoms with Gasteiger partial charge in [0, 0.05) is 6.04 Å². The summed E-state index contributed by atoms with van der Waals surface area (Å²) < 4.78 is 10.6. The van der Waals surface area contributed by atoms with Crippen molar-refractivity contribution in [2.45, 2.75) is 45.9 Å². The van der Waals surface area contributed by atoms with Crippen LogP contribution in [0.15, 0.2) is 0 Å². The van der Waals surface area contributed by atoms with Crippen molar-refractivity contribution in [2.24, 2.45) is 5.73 Å². The topological polar surface area (TPSA) is 73.6 Å². The predicted molar refractivity (Wildman–Crippen MR) is 63.2 cm³/mol. The third-order valence-corrected chi connectivity index (χ3v) is 1.84. The molecule has 3 N–H and O–H groups in total. The van der Waals surface area contributed by atoms with Gasteiger partial charge in [-0.05, 0) is 13.8 Å². The summed E-state index contributed by atoms with van der Waals surface area (Å²) in [6, 6.07) is -0.230. The van der Waals surface area contributed by atoms with Gasteiger partial charge in [-0.3, -0.25) is 4.79 Å². The summed E-state index contributed by atoms with van der Waals surface area (Å²) in [6.07, 6.45) is 0.198. The molecule has 5 nitrogen and oxygen atoms in total. The lowest BCUT2D eigenvalue weighted by molar-refractivity contribution is -0.122. The lowest BCUT2D eigenvalue weighted by atomic mass is 10.2. The maximum Gasteiger partial charge on any atom is 0.236 e. The Bertz CT molecular complexity index is 196. The number of hydrogen-bond acceptors (Lipinski definition) is 4. The third kappa shape index (κ3) is 8.64. The third-order valence-electron chi connectivity index (χ3n) is 1.84. The standard InChI is InChI=1S/C11H24N2O3/c1-8(2)13-10(11(12)14)7-15-5-6-16-9(3)4/h8-10,13H,5-7H2,1-4H3,(H2,12,14). The smallest absolute Gasteiger partial charge is 0.236 e. The van der Waals surface area contributed by atoms with Gasteiger partial charge in [0.2, 0.25) is 5.91 Å². The number of hydrogen-bond donors (Lipinski definition) is 2. The van der Waals surface area contributed by atoms with E-state index < -0.39 is 11.9 Å². The number of nitrogens with one attached hydrogen (secondary N) is 1. The normalized spacial score (nSPS) is 13.4. The molecule has 0 aromatic heterocycles. The van der Waals surface area contributed by atoms with Gasteiger partial charge in [-0.25, -0.2) is 0 Å². The van der Waals surface area contributed by atoms with Crippen LogP contribution in [0.3, 0.4) is 0 Å². The molecule has 0 radical (unpaired) electrons. The lowest BCUT2D eigenvalue weighted by Crippen LogP contribution is -2.47. The number of carbonyl (C=O) groups excluding carboxylic acids is 1. The second kappa shape index (κ2) is 8.50. The number of nitrogens with two attached hydrogens (primary N) is 1. The van der Waals surface area contributed by atoms with E-state index in [-0.39, 0.29) is 18.8 Å². The van der Waals surface area contributed by atoms with Crippen LogP contribution in [0.1, 0.15) is 27.7 Å². The SMILES string of the molecule is CC(C)NC(COCCOC(C)C)C(N)=O. The van der Waals surface area contributed by atoms with E-state index in [1.807, 2.05) is 27.7 Å². The minimum Gasteiger partial charge on any atom is -0.377 e. The summed E-state index contributed by atoms with van der Waals surface area (Å²) in [5.74, 6) is -0.390. The molecule has 0 heterocycles. The molecule has 0 aliphatic heterocycles. The van der Waals surface area contributed by atoms with Crippen LogP contribution in [-0.4, -0.2) is 43.9 Å². The molecule has 0 aliphatic rings. The van der Waals surface area contributed by atoms with E-state index in [4.69, 9.17) is 15.2 Å². The van der Waals surface area contributed by atoms with Gasteiger partial charge < -0.3 is 20.5 Å². The van der Waals surface area contributed by atoms with Crippen molar-refractivity contribution >= 4 is 5.91 Å². The van der Waals surface area contributed by atoms with E-state index in [9.17, 15) is 4.79 Å². The Morgan fingerprint density at radius 3 is 2.31 bits per heavy atom. The first-order valence-corrected chi connectivity index (χ1v) is 5.68. The summed E-state index contributed by atoms with van der Waals surface area (Å²) in [5.41, 5.74) is 5.24. The van der Waals surface area contributed by atoms with Gasteiger partial charge >= 0.3 is 0 Å². The highest BCUT2D eigenvalue weighted by molar-refractivity contribution is 5.80. The highest BCUT2D eigenvalue weighted by Gasteiger charge is 2.15. The van der Waals surface area contributed by atoms with Crippen LogP contribution >= 0.6 is 0 Å². The molecular formula is C11H24N2O3. The van der Waals surface area contributed by atoms with E-state index >= 15 is 0 Å². The van der Waals surface area contributed by atoms with Crippen LogP contribution in [0.5, 0.6) is 0 Å². The van der Waals surface area contributed by atoms with E-state index in [1.165, 1.54) is 0 Å². The van der Waals surface area contributed by atoms with Crippen molar-refractivity contribution in [1.82, 2.24) is 5.32 Å². The van der Waals surface area contributed by atoms with E-state index in [0.29, 0.717) is 13.2 Å². The van der Waals surface area contributed by atoms with Gasteiger partial charge in [0.05, 0.1) is 25.9 Å². The van der Waals surface area contributed by atoms with E-state index in [0.717, 1.165) is 0 Å². The molecule has 1 amide bonds. The molecule has 0 spiro atoms. The highest BCUT2D eigenvalue weighted by Crippen LogP contribution is 1.91. The second-order valence-corrected chi connectivity index (χ2v) is 4.27. The van der Waals surface area contributed by atoms with Crippen molar-refractivity contribution in [3.63, 3.8) is 0 Å². The summed E-state index contributed by atoms with van der Waals surface area (Å²) in [7, 11) is 0. The zero-order valence-electron chi connectivity index (χ0n) is 10.7. The fourth-order valence-electron chi connectivity index (χ4n) is 1.16. The average Bonchev–Trinajstić information content (AvgIpc) is 2.14. The molecule has 0 saturated heterocycles. The van der Waals surface area contributed by atoms with Crippen LogP contribution in [-0.2, 0) is 14.3 Å². The van der Waals surface area contributed by atoms with E-state index in [1.54, 1.807) is 0 Å². The summed E-state index contributed by atoms with van der Waals surface area (Å²) in [5, 5.41) is 3.04. The molecule has 0 fully saturated rings. The lowest BCUT2D eigenvalue weighted by Gasteiger charge is -2.18. The molecule has 0 saturated carbocycles. The minimum atomic E-state index is -0.431. The zero-order chi connectivity index (χ0) is 12.6. The Hall–Kier alpha value is -0.650. The molecule has 16 heavy (non-hydrogen) atoms. The first-order chi connectivity index (χ1) is 7.43. The van der Waals surface area contributed by atoms with Crippen molar-refractivity contribution in [1.29, 1.82) is 0 Å². The van der Waals surface area contributed by atoms with E-state index in [2.05, 4.69) is 5.32 Å². The summed E-state index contributed by atoms with van der Waals surface area (Å²) in [6.45, 7) is 9.14. The van der Waals surface area contributed by atoms with Crippen molar-refractivity contribution < 1.29 is 14.3 Å². The maximum absolute atomic E-state index is 11.1. The number of rotatable bonds is 9. The molecule has 5 heteroatoms. The Kier molecular flexibility index (Phi) is 8.15. The fourth-order valence-corrected chi connectivity index (χ4v) is 1.16. The van der Waals surface area contributed by atoms with Gasteiger partial charge in [0.15, 0.2) is 0 Å². The molecular weight excluding hydrogens is 208 g/mol. The highest BCUT2D eigenvalue weighted by atomic mass is 16.5. The largest absolute Gasteiger partial charge is 0.377 e. The molecule has 96 valence electrons. The summed E-state index contributed by atoms with van der Waals surface area (Å²) in [4.78, 5) is 11.1. The number of carbonyl (C=O) groups is 1. The fraction of sp³-hybridized carbons (Fsp3) is 0.909. The molecule has 1 atom stereocenters. The number of primary amides is 1. The van der Waals surface area contributed by atoms with Crippen LogP contribution in [0, 0.1) is 0 Å². The zero-order valence-corrected chi connectivity index (χ0v) is 10.7. The minimum absolute atomic E-state index is 0.198.